The second kappa shape index (κ2) is 14.0. The third-order valence-corrected chi connectivity index (χ3v) is 9.33. The lowest BCUT2D eigenvalue weighted by Gasteiger charge is -2.36. The Morgan fingerprint density at radius 2 is 0.923 bits per heavy atom. The summed E-state index contributed by atoms with van der Waals surface area (Å²) in [7, 11) is 0. The molecular formula is C38H32F4N2O8. The van der Waals surface area contributed by atoms with Gasteiger partial charge in [-0.1, -0.05) is 71.8 Å². The predicted molar refractivity (Wildman–Crippen MR) is 174 cm³/mol. The van der Waals surface area contributed by atoms with E-state index in [2.05, 4.69) is 11.0 Å². The fourth-order valence-corrected chi connectivity index (χ4v) is 5.92. The summed E-state index contributed by atoms with van der Waals surface area (Å²) in [5.74, 6) is -12.4. The van der Waals surface area contributed by atoms with E-state index in [1.54, 1.807) is 13.8 Å². The van der Waals surface area contributed by atoms with Crippen LogP contribution in [0.5, 0.6) is 0 Å². The Morgan fingerprint density at radius 3 is 1.25 bits per heavy atom. The zero-order valence-electron chi connectivity index (χ0n) is 27.7. The van der Waals surface area contributed by atoms with E-state index in [4.69, 9.17) is 9.68 Å². The molecule has 14 heteroatoms. The Balaban J connectivity index is 1.32. The van der Waals surface area contributed by atoms with Gasteiger partial charge < -0.3 is 19.9 Å². The number of ketones is 2. The smallest absolute Gasteiger partial charge is 0.368 e. The molecule has 4 aromatic rings. The molecule has 2 saturated carbocycles. The lowest BCUT2D eigenvalue weighted by molar-refractivity contribution is -0.202. The number of carbonyl (C=O) groups is 4. The van der Waals surface area contributed by atoms with Gasteiger partial charge in [0.15, 0.2) is 23.3 Å². The number of Topliss-reactive ketones (excluding diaryl/α,β-unsaturated/α-hetero) is 2. The second-order valence-corrected chi connectivity index (χ2v) is 13.1. The number of nitrogens with one attached hydrogen (secondary N) is 2. The van der Waals surface area contributed by atoms with E-state index in [-0.39, 0.29) is 12.8 Å². The molecule has 2 fully saturated rings. The molecule has 0 spiro atoms. The summed E-state index contributed by atoms with van der Waals surface area (Å²) in [5, 5.41) is 24.3. The average Bonchev–Trinajstić information content (AvgIpc) is 4.07. The van der Waals surface area contributed by atoms with Crippen molar-refractivity contribution >= 4 is 23.5 Å². The molecule has 2 aliphatic rings. The molecule has 0 bridgehead atoms. The van der Waals surface area contributed by atoms with Crippen molar-refractivity contribution in [2.75, 3.05) is 0 Å². The minimum atomic E-state index is -3.99. The maximum Gasteiger partial charge on any atom is 0.369 e. The lowest BCUT2D eigenvalue weighted by Crippen LogP contribution is -2.73. The molecular weight excluding hydrogens is 688 g/mol. The Labute approximate surface area is 294 Å². The van der Waals surface area contributed by atoms with Crippen molar-refractivity contribution in [1.82, 2.24) is 11.0 Å². The summed E-state index contributed by atoms with van der Waals surface area (Å²) in [6, 6.07) is 15.5. The number of aryl methyl sites for hydroxylation is 2. The van der Waals surface area contributed by atoms with Crippen molar-refractivity contribution in [2.45, 2.75) is 61.8 Å². The fourth-order valence-electron chi connectivity index (χ4n) is 5.92. The highest BCUT2D eigenvalue weighted by Crippen LogP contribution is 2.43. The molecule has 4 aromatic carbocycles. The first-order valence-electron chi connectivity index (χ1n) is 16.2. The van der Waals surface area contributed by atoms with E-state index in [1.807, 2.05) is 0 Å². The van der Waals surface area contributed by atoms with E-state index in [1.165, 1.54) is 60.7 Å². The summed E-state index contributed by atoms with van der Waals surface area (Å²) in [6.45, 7) is 3.37. The van der Waals surface area contributed by atoms with E-state index in [0.717, 1.165) is 24.3 Å². The highest BCUT2D eigenvalue weighted by atomic mass is 19.2. The third-order valence-electron chi connectivity index (χ3n) is 9.33. The monoisotopic (exact) mass is 720 g/mol. The first-order chi connectivity index (χ1) is 24.6. The highest BCUT2D eigenvalue weighted by molar-refractivity contribution is 6.28. The van der Waals surface area contributed by atoms with Crippen LogP contribution in [0.3, 0.4) is 0 Å². The minimum absolute atomic E-state index is 0.238. The number of aliphatic hydroxyl groups is 2. The molecule has 0 aromatic heterocycles. The number of halogens is 4. The van der Waals surface area contributed by atoms with Gasteiger partial charge in [0, 0.05) is 23.0 Å². The normalized spacial score (nSPS) is 21.3. The van der Waals surface area contributed by atoms with Gasteiger partial charge in [0.25, 0.3) is 11.2 Å². The summed E-state index contributed by atoms with van der Waals surface area (Å²) in [5.41, 5.74) is -2.11. The summed E-state index contributed by atoms with van der Waals surface area (Å²) in [6.07, 6.45) is 0.476. The standard InChI is InChI=1S/C38H32F4N2O8/c1-19-3-7-21(8-4-19)33(45)37(49,35(47)51-43-31-17-25(31)23-11-13-27(39)29(41)15-23)38(50,34(46)22-9-5-20(2)6-10-22)36(48)52-44-32-18-26(32)24-12-14-28(40)30(42)16-24/h3-16,25-26,31-32,43-44,49-50H,17-18H2,1-2H3. The number of rotatable bonds is 13. The second-order valence-electron chi connectivity index (χ2n) is 13.1. The van der Waals surface area contributed by atoms with Crippen molar-refractivity contribution in [3.63, 3.8) is 0 Å². The molecule has 0 saturated heterocycles. The molecule has 6 unspecified atom stereocenters. The van der Waals surface area contributed by atoms with Gasteiger partial charge in [-0.3, -0.25) is 9.59 Å². The van der Waals surface area contributed by atoms with Crippen LogP contribution in [-0.2, 0) is 19.3 Å². The van der Waals surface area contributed by atoms with Gasteiger partial charge in [0.05, 0.1) is 12.1 Å². The van der Waals surface area contributed by atoms with Crippen molar-refractivity contribution in [2.24, 2.45) is 0 Å². The van der Waals surface area contributed by atoms with E-state index in [9.17, 15) is 47.0 Å². The molecule has 52 heavy (non-hydrogen) atoms. The van der Waals surface area contributed by atoms with E-state index in [0.29, 0.717) is 22.3 Å². The first-order valence-corrected chi connectivity index (χ1v) is 16.2. The van der Waals surface area contributed by atoms with Crippen LogP contribution in [0.15, 0.2) is 84.9 Å². The first kappa shape index (κ1) is 36.5. The Kier molecular flexibility index (Phi) is 9.85. The van der Waals surface area contributed by atoms with Crippen molar-refractivity contribution in [3.8, 4) is 0 Å². The van der Waals surface area contributed by atoms with Gasteiger partial charge >= 0.3 is 11.9 Å². The van der Waals surface area contributed by atoms with Crippen molar-refractivity contribution < 1.29 is 56.6 Å². The maximum atomic E-state index is 14.2. The van der Waals surface area contributed by atoms with Crippen LogP contribution in [-0.4, -0.2) is 57.0 Å². The Morgan fingerprint density at radius 1 is 0.577 bits per heavy atom. The molecule has 6 atom stereocenters. The van der Waals surface area contributed by atoms with Crippen LogP contribution in [0, 0.1) is 37.1 Å². The van der Waals surface area contributed by atoms with Crippen molar-refractivity contribution in [1.29, 1.82) is 0 Å². The summed E-state index contributed by atoms with van der Waals surface area (Å²) in [4.78, 5) is 66.4. The van der Waals surface area contributed by atoms with Crippen LogP contribution in [0.25, 0.3) is 0 Å². The number of carbonyl (C=O) groups excluding carboxylic acids is 4. The Hall–Kier alpha value is -5.28. The highest BCUT2D eigenvalue weighted by Gasteiger charge is 2.71. The molecule has 0 aliphatic heterocycles. The fraction of sp³-hybridized carbons (Fsp3) is 0.263. The van der Waals surface area contributed by atoms with E-state index >= 15 is 0 Å². The number of hydrogen-bond donors (Lipinski definition) is 4. The molecule has 4 N–H and O–H groups in total. The van der Waals surface area contributed by atoms with Crippen LogP contribution >= 0.6 is 0 Å². The third kappa shape index (κ3) is 6.85. The lowest BCUT2D eigenvalue weighted by atomic mass is 9.73. The molecule has 2 aliphatic carbocycles. The molecule has 0 heterocycles. The molecule has 6 rings (SSSR count). The summed E-state index contributed by atoms with van der Waals surface area (Å²) < 4.78 is 54.7. The summed E-state index contributed by atoms with van der Waals surface area (Å²) >= 11 is 0. The van der Waals surface area contributed by atoms with Gasteiger partial charge in [-0.15, -0.1) is 11.0 Å². The van der Waals surface area contributed by atoms with Crippen molar-refractivity contribution in [3.05, 3.63) is 142 Å². The quantitative estimate of drug-likeness (QED) is 0.0668. The largest absolute Gasteiger partial charge is 0.369 e. The van der Waals surface area contributed by atoms with Crippen LogP contribution < -0.4 is 11.0 Å². The van der Waals surface area contributed by atoms with E-state index < -0.39 is 93.0 Å². The van der Waals surface area contributed by atoms with Gasteiger partial charge in [0.1, 0.15) is 0 Å². The molecule has 10 nitrogen and oxygen atoms in total. The predicted octanol–water partition coefficient (Wildman–Crippen LogP) is 4.60. The zero-order valence-corrected chi connectivity index (χ0v) is 27.7. The van der Waals surface area contributed by atoms with Gasteiger partial charge in [-0.05, 0) is 62.1 Å². The van der Waals surface area contributed by atoms with Crippen LogP contribution in [0.1, 0.15) is 67.6 Å². The minimum Gasteiger partial charge on any atom is -0.368 e. The van der Waals surface area contributed by atoms with Gasteiger partial charge in [-0.2, -0.15) is 0 Å². The number of benzene rings is 4. The topological polar surface area (TPSA) is 151 Å². The van der Waals surface area contributed by atoms with Crippen LogP contribution in [0.2, 0.25) is 0 Å². The number of hydroxylamine groups is 2. The molecule has 270 valence electrons. The average molecular weight is 721 g/mol. The number of hydrogen-bond acceptors (Lipinski definition) is 10. The maximum absolute atomic E-state index is 14.2. The zero-order chi connectivity index (χ0) is 37.5. The SMILES string of the molecule is Cc1ccc(C(=O)C(O)(C(=O)ONC2CC2c2ccc(F)c(F)c2)C(O)(C(=O)ONC2CC2c2ccc(F)c(F)c2)C(=O)c2ccc(C)cc2)cc1. The van der Waals surface area contributed by atoms with Crippen LogP contribution in [0.4, 0.5) is 17.6 Å². The van der Waals surface area contributed by atoms with Gasteiger partial charge in [0.2, 0.25) is 11.6 Å². The molecule has 0 amide bonds. The van der Waals surface area contributed by atoms with Gasteiger partial charge in [-0.25, -0.2) is 27.2 Å². The molecule has 0 radical (unpaired) electrons. The Bertz CT molecular complexity index is 1910.